The van der Waals surface area contributed by atoms with Gasteiger partial charge in [0.25, 0.3) is 0 Å². The number of ether oxygens (including phenoxy) is 2. The lowest BCUT2D eigenvalue weighted by molar-refractivity contribution is -0.125. The van der Waals surface area contributed by atoms with E-state index in [1.807, 2.05) is 36.4 Å². The molecule has 0 saturated carbocycles. The summed E-state index contributed by atoms with van der Waals surface area (Å²) in [6, 6.07) is 16.5. The van der Waals surface area contributed by atoms with Crippen molar-refractivity contribution in [1.82, 2.24) is 28.9 Å². The standard InChI is InChI=1S/C29H31N7O4/c30-27-26-28(32-20-31-27)36(22-12-14-34(19-22)25(37)7-4-13-33-15-17-39-18-16-33)29(38)35(26)21-8-10-24(11-9-21)40-23-5-2-1-3-6-23/h1-11,20,22H,12-19H2,(H2,30,31,32)/b7-4+. The van der Waals surface area contributed by atoms with E-state index in [9.17, 15) is 9.59 Å². The zero-order valence-corrected chi connectivity index (χ0v) is 22.1. The molecule has 0 bridgehead atoms. The summed E-state index contributed by atoms with van der Waals surface area (Å²) in [7, 11) is 0. The van der Waals surface area contributed by atoms with Crippen LogP contribution in [-0.2, 0) is 9.53 Å². The summed E-state index contributed by atoms with van der Waals surface area (Å²) in [5, 5.41) is 0. The number of nitrogens with zero attached hydrogens (tertiary/aromatic N) is 6. The maximum Gasteiger partial charge on any atom is 0.335 e. The highest BCUT2D eigenvalue weighted by atomic mass is 16.5. The molecule has 40 heavy (non-hydrogen) atoms. The molecule has 11 heteroatoms. The summed E-state index contributed by atoms with van der Waals surface area (Å²) in [5.41, 5.74) is 7.50. The van der Waals surface area contributed by atoms with E-state index in [0.29, 0.717) is 48.7 Å². The van der Waals surface area contributed by atoms with Crippen LogP contribution in [0.15, 0.2) is 77.9 Å². The van der Waals surface area contributed by atoms with E-state index in [1.165, 1.54) is 10.9 Å². The van der Waals surface area contributed by atoms with Crippen LogP contribution >= 0.6 is 0 Å². The smallest absolute Gasteiger partial charge is 0.335 e. The fraction of sp³-hybridized carbons (Fsp3) is 0.310. The lowest BCUT2D eigenvalue weighted by atomic mass is 10.2. The number of aromatic nitrogens is 4. The van der Waals surface area contributed by atoms with Gasteiger partial charge in [-0.2, -0.15) is 0 Å². The molecular weight excluding hydrogens is 510 g/mol. The molecule has 1 unspecified atom stereocenters. The fourth-order valence-corrected chi connectivity index (χ4v) is 5.27. The van der Waals surface area contributed by atoms with Crippen molar-refractivity contribution in [2.75, 3.05) is 51.7 Å². The Labute approximate surface area is 231 Å². The summed E-state index contributed by atoms with van der Waals surface area (Å²) in [6.07, 6.45) is 5.53. The van der Waals surface area contributed by atoms with Crippen LogP contribution in [0.2, 0.25) is 0 Å². The molecular formula is C29H31N7O4. The first kappa shape index (κ1) is 25.8. The van der Waals surface area contributed by atoms with Gasteiger partial charge in [-0.15, -0.1) is 0 Å². The highest BCUT2D eigenvalue weighted by molar-refractivity contribution is 5.88. The number of hydrogen-bond acceptors (Lipinski definition) is 8. The third kappa shape index (κ3) is 5.21. The van der Waals surface area contributed by atoms with Crippen molar-refractivity contribution in [3.8, 4) is 17.2 Å². The monoisotopic (exact) mass is 541 g/mol. The van der Waals surface area contributed by atoms with E-state index in [-0.39, 0.29) is 23.5 Å². The van der Waals surface area contributed by atoms with Crippen LogP contribution in [0.25, 0.3) is 16.9 Å². The van der Waals surface area contributed by atoms with E-state index < -0.39 is 0 Å². The first-order valence-electron chi connectivity index (χ1n) is 13.4. The highest BCUT2D eigenvalue weighted by Gasteiger charge is 2.31. The predicted octanol–water partition coefficient (Wildman–Crippen LogP) is 2.62. The molecule has 2 aromatic carbocycles. The molecule has 2 aromatic heterocycles. The molecule has 2 fully saturated rings. The maximum atomic E-state index is 13.9. The van der Waals surface area contributed by atoms with Gasteiger partial charge in [0.2, 0.25) is 5.91 Å². The molecule has 11 nitrogen and oxygen atoms in total. The molecule has 6 rings (SSSR count). The average Bonchev–Trinajstić information content (AvgIpc) is 3.58. The molecule has 2 aliphatic rings. The number of hydrogen-bond donors (Lipinski definition) is 1. The topological polar surface area (TPSA) is 121 Å². The number of rotatable bonds is 7. The van der Waals surface area contributed by atoms with Crippen LogP contribution < -0.4 is 16.2 Å². The SMILES string of the molecule is Nc1ncnc2c1n(-c1ccc(Oc3ccccc3)cc1)c(=O)n2C1CCN(C(=O)/C=C/CN2CCOCC2)C1. The van der Waals surface area contributed by atoms with E-state index >= 15 is 0 Å². The highest BCUT2D eigenvalue weighted by Crippen LogP contribution is 2.28. The summed E-state index contributed by atoms with van der Waals surface area (Å²) in [5.74, 6) is 1.51. The number of para-hydroxylation sites is 1. The van der Waals surface area contributed by atoms with Crippen LogP contribution in [0.4, 0.5) is 5.82 Å². The first-order valence-corrected chi connectivity index (χ1v) is 13.4. The lowest BCUT2D eigenvalue weighted by Crippen LogP contribution is -2.36. The van der Waals surface area contributed by atoms with Gasteiger partial charge in [-0.05, 0) is 42.8 Å². The Morgan fingerprint density at radius 1 is 1.02 bits per heavy atom. The maximum absolute atomic E-state index is 13.9. The number of morpholine rings is 1. The number of benzene rings is 2. The van der Waals surface area contributed by atoms with Crippen molar-refractivity contribution in [3.63, 3.8) is 0 Å². The van der Waals surface area contributed by atoms with Crippen molar-refractivity contribution >= 4 is 22.9 Å². The van der Waals surface area contributed by atoms with E-state index in [4.69, 9.17) is 15.2 Å². The molecule has 1 amide bonds. The fourth-order valence-electron chi connectivity index (χ4n) is 5.27. The molecule has 0 spiro atoms. The number of amides is 1. The van der Waals surface area contributed by atoms with Crippen molar-refractivity contribution in [2.45, 2.75) is 12.5 Å². The van der Waals surface area contributed by atoms with Crippen molar-refractivity contribution in [2.24, 2.45) is 0 Å². The second-order valence-corrected chi connectivity index (χ2v) is 9.87. The second kappa shape index (κ2) is 11.3. The molecule has 0 aliphatic carbocycles. The zero-order valence-electron chi connectivity index (χ0n) is 22.1. The number of nitrogen functional groups attached to an aromatic ring is 1. The minimum Gasteiger partial charge on any atom is -0.457 e. The Balaban J connectivity index is 1.23. The Bertz CT molecular complexity index is 1570. The lowest BCUT2D eigenvalue weighted by Gasteiger charge is -2.25. The summed E-state index contributed by atoms with van der Waals surface area (Å²) in [4.78, 5) is 39.4. The van der Waals surface area contributed by atoms with Crippen molar-refractivity contribution in [3.05, 3.63) is 83.6 Å². The Morgan fingerprint density at radius 3 is 2.55 bits per heavy atom. The second-order valence-electron chi connectivity index (χ2n) is 9.87. The molecule has 2 aliphatic heterocycles. The quantitative estimate of drug-likeness (QED) is 0.355. The number of fused-ring (bicyclic) bond motifs is 1. The summed E-state index contributed by atoms with van der Waals surface area (Å²) in [6.45, 7) is 4.85. The molecule has 4 aromatic rings. The van der Waals surface area contributed by atoms with Gasteiger partial charge in [0.05, 0.1) is 24.9 Å². The molecule has 2 saturated heterocycles. The van der Waals surface area contributed by atoms with Gasteiger partial charge in [0.15, 0.2) is 11.5 Å². The Morgan fingerprint density at radius 2 is 1.77 bits per heavy atom. The molecule has 4 heterocycles. The Kier molecular flexibility index (Phi) is 7.30. The number of likely N-dealkylation sites (tertiary alicyclic amines) is 1. The van der Waals surface area contributed by atoms with E-state index in [2.05, 4.69) is 14.9 Å². The minimum atomic E-state index is -0.277. The van der Waals surface area contributed by atoms with E-state index in [0.717, 1.165) is 32.1 Å². The summed E-state index contributed by atoms with van der Waals surface area (Å²) >= 11 is 0. The van der Waals surface area contributed by atoms with Gasteiger partial charge in [0.1, 0.15) is 23.3 Å². The van der Waals surface area contributed by atoms with Crippen molar-refractivity contribution < 1.29 is 14.3 Å². The van der Waals surface area contributed by atoms with Crippen LogP contribution in [0.3, 0.4) is 0 Å². The number of imidazole rings is 1. The normalized spacial score (nSPS) is 18.1. The third-order valence-corrected chi connectivity index (χ3v) is 7.32. The van der Waals surface area contributed by atoms with Gasteiger partial charge >= 0.3 is 5.69 Å². The molecule has 2 N–H and O–H groups in total. The largest absolute Gasteiger partial charge is 0.457 e. The predicted molar refractivity (Wildman–Crippen MR) is 151 cm³/mol. The van der Waals surface area contributed by atoms with E-state index in [1.54, 1.807) is 39.8 Å². The average molecular weight is 542 g/mol. The van der Waals surface area contributed by atoms with Gasteiger partial charge in [0, 0.05) is 38.8 Å². The minimum absolute atomic E-state index is 0.0595. The molecule has 206 valence electrons. The number of carbonyl (C=O) groups excluding carboxylic acids is 1. The van der Waals surface area contributed by atoms with Crippen LogP contribution in [0.5, 0.6) is 11.5 Å². The van der Waals surface area contributed by atoms with Crippen LogP contribution in [0, 0.1) is 0 Å². The van der Waals surface area contributed by atoms with Gasteiger partial charge in [-0.1, -0.05) is 24.3 Å². The van der Waals surface area contributed by atoms with Crippen LogP contribution in [-0.4, -0.2) is 80.7 Å². The third-order valence-electron chi connectivity index (χ3n) is 7.32. The number of carbonyl (C=O) groups is 1. The molecule has 0 radical (unpaired) electrons. The van der Waals surface area contributed by atoms with Gasteiger partial charge < -0.3 is 20.1 Å². The zero-order chi connectivity index (χ0) is 27.5. The van der Waals surface area contributed by atoms with Crippen molar-refractivity contribution in [1.29, 1.82) is 0 Å². The van der Waals surface area contributed by atoms with Gasteiger partial charge in [-0.25, -0.2) is 14.8 Å². The number of nitrogens with two attached hydrogens (primary N) is 1. The van der Waals surface area contributed by atoms with Gasteiger partial charge in [-0.3, -0.25) is 18.8 Å². The Hall–Kier alpha value is -4.48. The first-order chi connectivity index (χ1) is 19.6. The summed E-state index contributed by atoms with van der Waals surface area (Å²) < 4.78 is 14.5. The molecule has 1 atom stereocenters. The number of anilines is 1. The van der Waals surface area contributed by atoms with Crippen LogP contribution in [0.1, 0.15) is 12.5 Å².